The Labute approximate surface area is 143 Å². The fourth-order valence-electron chi connectivity index (χ4n) is 3.36. The lowest BCUT2D eigenvalue weighted by molar-refractivity contribution is 0.221. The molecule has 24 heavy (non-hydrogen) atoms. The summed E-state index contributed by atoms with van der Waals surface area (Å²) < 4.78 is 24.3. The second-order valence-corrected chi connectivity index (χ2v) is 8.74. The maximum absolute atomic E-state index is 12.2. The lowest BCUT2D eigenvalue weighted by Gasteiger charge is -2.33. The standard InChI is InChI=1S/C17H24N4O2S/c1-21(2)13-8-6-12(7-9-13)20-17-15(24(3,22)23)11-19-14-5-4-10-18-16(14)17/h4-5,10-13H,6-9H2,1-3H3,(H,19,20). The summed E-state index contributed by atoms with van der Waals surface area (Å²) in [6.07, 6.45) is 8.57. The van der Waals surface area contributed by atoms with E-state index in [1.165, 1.54) is 12.5 Å². The van der Waals surface area contributed by atoms with Crippen LogP contribution in [-0.2, 0) is 9.84 Å². The van der Waals surface area contributed by atoms with Crippen LogP contribution in [0.4, 0.5) is 5.69 Å². The summed E-state index contributed by atoms with van der Waals surface area (Å²) in [4.78, 5) is 11.1. The second-order valence-electron chi connectivity index (χ2n) is 6.75. The zero-order valence-corrected chi connectivity index (χ0v) is 15.2. The van der Waals surface area contributed by atoms with Gasteiger partial charge in [0.2, 0.25) is 0 Å². The van der Waals surface area contributed by atoms with Crippen LogP contribution in [0, 0.1) is 0 Å². The van der Waals surface area contributed by atoms with Gasteiger partial charge in [-0.15, -0.1) is 0 Å². The van der Waals surface area contributed by atoms with Gasteiger partial charge >= 0.3 is 0 Å². The van der Waals surface area contributed by atoms with Crippen LogP contribution in [0.3, 0.4) is 0 Å². The zero-order chi connectivity index (χ0) is 17.3. The molecule has 1 N–H and O–H groups in total. The van der Waals surface area contributed by atoms with Crippen molar-refractivity contribution in [2.75, 3.05) is 25.7 Å². The smallest absolute Gasteiger partial charge is 0.179 e. The summed E-state index contributed by atoms with van der Waals surface area (Å²) in [6, 6.07) is 4.52. The van der Waals surface area contributed by atoms with E-state index in [0.29, 0.717) is 22.8 Å². The monoisotopic (exact) mass is 348 g/mol. The van der Waals surface area contributed by atoms with E-state index in [9.17, 15) is 8.42 Å². The maximum Gasteiger partial charge on any atom is 0.179 e. The largest absolute Gasteiger partial charge is 0.379 e. The third-order valence-electron chi connectivity index (χ3n) is 4.77. The Balaban J connectivity index is 1.93. The van der Waals surface area contributed by atoms with Gasteiger partial charge in [0.25, 0.3) is 0 Å². The number of hydrogen-bond donors (Lipinski definition) is 1. The van der Waals surface area contributed by atoms with Crippen LogP contribution < -0.4 is 5.32 Å². The SMILES string of the molecule is CN(C)C1CCC(Nc2c(S(C)(=O)=O)cnc3cccnc23)CC1. The molecule has 3 rings (SSSR count). The van der Waals surface area contributed by atoms with Crippen molar-refractivity contribution in [3.8, 4) is 0 Å². The van der Waals surface area contributed by atoms with E-state index in [2.05, 4.69) is 34.3 Å². The van der Waals surface area contributed by atoms with E-state index in [1.54, 1.807) is 6.20 Å². The Kier molecular flexibility index (Phi) is 4.73. The molecule has 0 aromatic carbocycles. The minimum Gasteiger partial charge on any atom is -0.379 e. The number of nitrogens with one attached hydrogen (secondary N) is 1. The highest BCUT2D eigenvalue weighted by Crippen LogP contribution is 2.31. The van der Waals surface area contributed by atoms with Crippen LogP contribution in [0.5, 0.6) is 0 Å². The van der Waals surface area contributed by atoms with Gasteiger partial charge in [-0.3, -0.25) is 9.97 Å². The Morgan fingerprint density at radius 3 is 2.50 bits per heavy atom. The van der Waals surface area contributed by atoms with Crippen molar-refractivity contribution >= 4 is 26.6 Å². The van der Waals surface area contributed by atoms with Crippen LogP contribution in [0.25, 0.3) is 11.0 Å². The van der Waals surface area contributed by atoms with Crippen LogP contribution in [0.15, 0.2) is 29.4 Å². The number of fused-ring (bicyclic) bond motifs is 1. The molecule has 1 aliphatic carbocycles. The van der Waals surface area contributed by atoms with Gasteiger partial charge in [-0.05, 0) is 51.9 Å². The molecule has 0 bridgehead atoms. The lowest BCUT2D eigenvalue weighted by atomic mass is 9.90. The Morgan fingerprint density at radius 1 is 1.17 bits per heavy atom. The molecule has 6 nitrogen and oxygen atoms in total. The molecular weight excluding hydrogens is 324 g/mol. The van der Waals surface area contributed by atoms with E-state index in [4.69, 9.17) is 0 Å². The molecule has 7 heteroatoms. The molecule has 0 amide bonds. The normalized spacial score (nSPS) is 22.0. The predicted molar refractivity (Wildman–Crippen MR) is 96.0 cm³/mol. The number of aromatic nitrogens is 2. The number of pyridine rings is 2. The van der Waals surface area contributed by atoms with Crippen molar-refractivity contribution < 1.29 is 8.42 Å². The van der Waals surface area contributed by atoms with Crippen molar-refractivity contribution in [3.05, 3.63) is 24.5 Å². The van der Waals surface area contributed by atoms with Crippen LogP contribution >= 0.6 is 0 Å². The number of anilines is 1. The summed E-state index contributed by atoms with van der Waals surface area (Å²) in [6.45, 7) is 0. The van der Waals surface area contributed by atoms with Crippen molar-refractivity contribution in [3.63, 3.8) is 0 Å². The highest BCUT2D eigenvalue weighted by molar-refractivity contribution is 7.90. The quantitative estimate of drug-likeness (QED) is 0.914. The molecule has 0 radical (unpaired) electrons. The summed E-state index contributed by atoms with van der Waals surface area (Å²) in [5.74, 6) is 0. The average molecular weight is 348 g/mol. The predicted octanol–water partition coefficient (Wildman–Crippen LogP) is 2.32. The minimum absolute atomic E-state index is 0.225. The number of nitrogens with zero attached hydrogens (tertiary/aromatic N) is 3. The first-order chi connectivity index (χ1) is 11.4. The van der Waals surface area contributed by atoms with Crippen LogP contribution in [-0.4, -0.2) is 55.7 Å². The Bertz CT molecular complexity index is 828. The molecule has 0 atom stereocenters. The van der Waals surface area contributed by atoms with Crippen LogP contribution in [0.2, 0.25) is 0 Å². The summed E-state index contributed by atoms with van der Waals surface area (Å²) in [5, 5.41) is 3.46. The Hall–Kier alpha value is -1.73. The summed E-state index contributed by atoms with van der Waals surface area (Å²) in [5.41, 5.74) is 1.92. The first kappa shape index (κ1) is 17.1. The van der Waals surface area contributed by atoms with Crippen LogP contribution in [0.1, 0.15) is 25.7 Å². The number of hydrogen-bond acceptors (Lipinski definition) is 6. The maximum atomic E-state index is 12.2. The molecule has 1 aliphatic rings. The second kappa shape index (κ2) is 6.64. The van der Waals surface area contributed by atoms with E-state index in [0.717, 1.165) is 25.7 Å². The number of sulfone groups is 1. The molecule has 0 aliphatic heterocycles. The third kappa shape index (κ3) is 3.52. The fourth-order valence-corrected chi connectivity index (χ4v) is 4.13. The van der Waals surface area contributed by atoms with Gasteiger partial charge in [-0.1, -0.05) is 0 Å². The highest BCUT2D eigenvalue weighted by Gasteiger charge is 2.25. The molecule has 2 heterocycles. The van der Waals surface area contributed by atoms with Crippen molar-refractivity contribution in [2.24, 2.45) is 0 Å². The van der Waals surface area contributed by atoms with Crippen molar-refractivity contribution in [2.45, 2.75) is 42.7 Å². The summed E-state index contributed by atoms with van der Waals surface area (Å²) in [7, 11) is 0.850. The molecule has 0 unspecified atom stereocenters. The van der Waals surface area contributed by atoms with E-state index < -0.39 is 9.84 Å². The van der Waals surface area contributed by atoms with Gasteiger partial charge in [0.1, 0.15) is 10.4 Å². The van der Waals surface area contributed by atoms with Gasteiger partial charge in [0, 0.05) is 30.7 Å². The van der Waals surface area contributed by atoms with Gasteiger partial charge in [0.05, 0.1) is 11.2 Å². The van der Waals surface area contributed by atoms with E-state index in [1.807, 2.05) is 12.1 Å². The fraction of sp³-hybridized carbons (Fsp3) is 0.529. The molecule has 0 spiro atoms. The number of rotatable bonds is 4. The molecule has 130 valence electrons. The molecule has 1 saturated carbocycles. The van der Waals surface area contributed by atoms with Crippen molar-refractivity contribution in [1.29, 1.82) is 0 Å². The van der Waals surface area contributed by atoms with Gasteiger partial charge in [0.15, 0.2) is 9.84 Å². The molecule has 0 saturated heterocycles. The van der Waals surface area contributed by atoms with E-state index >= 15 is 0 Å². The van der Waals surface area contributed by atoms with Gasteiger partial charge in [-0.25, -0.2) is 8.42 Å². The first-order valence-corrected chi connectivity index (χ1v) is 10.1. The average Bonchev–Trinajstić information content (AvgIpc) is 2.54. The molecule has 1 fully saturated rings. The molecule has 2 aromatic rings. The Morgan fingerprint density at radius 2 is 1.88 bits per heavy atom. The van der Waals surface area contributed by atoms with Crippen molar-refractivity contribution in [1.82, 2.24) is 14.9 Å². The van der Waals surface area contributed by atoms with E-state index in [-0.39, 0.29) is 10.9 Å². The minimum atomic E-state index is -3.37. The van der Waals surface area contributed by atoms with Gasteiger partial charge < -0.3 is 10.2 Å². The third-order valence-corrected chi connectivity index (χ3v) is 5.87. The zero-order valence-electron chi connectivity index (χ0n) is 14.4. The summed E-state index contributed by atoms with van der Waals surface area (Å²) >= 11 is 0. The van der Waals surface area contributed by atoms with Gasteiger partial charge in [-0.2, -0.15) is 0 Å². The molecular formula is C17H24N4O2S. The lowest BCUT2D eigenvalue weighted by Crippen LogP contribution is -2.36. The highest BCUT2D eigenvalue weighted by atomic mass is 32.2. The molecule has 2 aromatic heterocycles. The topological polar surface area (TPSA) is 75.2 Å². The first-order valence-electron chi connectivity index (χ1n) is 8.23.